The zero-order valence-electron chi connectivity index (χ0n) is 11.8. The molecule has 5 heteroatoms. The first kappa shape index (κ1) is 12.8. The van der Waals surface area contributed by atoms with Gasteiger partial charge in [-0.1, -0.05) is 6.92 Å². The Morgan fingerprint density at radius 1 is 1.50 bits per heavy atom. The topological polar surface area (TPSA) is 51.0 Å². The largest absolute Gasteiger partial charge is 0.310 e. The van der Waals surface area contributed by atoms with Crippen LogP contribution in [0.25, 0.3) is 0 Å². The Labute approximate surface area is 118 Å². The minimum atomic E-state index is -0.0506. The summed E-state index contributed by atoms with van der Waals surface area (Å²) in [6.07, 6.45) is 7.14. The second-order valence-corrected chi connectivity index (χ2v) is 5.34. The van der Waals surface area contributed by atoms with E-state index in [9.17, 15) is 4.79 Å². The molecule has 0 fully saturated rings. The fraction of sp³-hybridized carbons (Fsp3) is 0.400. The molecule has 2 aromatic heterocycles. The molecular formula is C15H18N4O. The second-order valence-electron chi connectivity index (χ2n) is 5.34. The maximum absolute atomic E-state index is 12.6. The molecule has 1 unspecified atom stereocenters. The third kappa shape index (κ3) is 2.31. The molecule has 1 amide bonds. The van der Waals surface area contributed by atoms with Crippen molar-refractivity contribution >= 4 is 11.6 Å². The summed E-state index contributed by atoms with van der Waals surface area (Å²) in [6, 6.07) is 3.86. The van der Waals surface area contributed by atoms with Gasteiger partial charge in [0.25, 0.3) is 0 Å². The minimum absolute atomic E-state index is 0.0506. The number of nitrogens with zero attached hydrogens (tertiary/aromatic N) is 4. The van der Waals surface area contributed by atoms with Crippen molar-refractivity contribution < 1.29 is 4.79 Å². The van der Waals surface area contributed by atoms with Crippen molar-refractivity contribution in [1.29, 1.82) is 0 Å². The highest BCUT2D eigenvalue weighted by Crippen LogP contribution is 2.27. The molecule has 0 aliphatic carbocycles. The summed E-state index contributed by atoms with van der Waals surface area (Å²) in [7, 11) is 1.89. The second kappa shape index (κ2) is 5.07. The standard InChI is InChI=1S/C15H18N4O/c1-11(8-12-9-17-18(2)10-12)15(20)19-7-5-13-14(19)4-3-6-16-13/h3-4,6,9-11H,5,7-8H2,1-2H3. The van der Waals surface area contributed by atoms with Crippen molar-refractivity contribution in [3.63, 3.8) is 0 Å². The predicted molar refractivity (Wildman–Crippen MR) is 76.4 cm³/mol. The molecule has 0 radical (unpaired) electrons. The number of fused-ring (bicyclic) bond motifs is 1. The molecule has 3 rings (SSSR count). The smallest absolute Gasteiger partial charge is 0.230 e. The first-order chi connectivity index (χ1) is 9.65. The summed E-state index contributed by atoms with van der Waals surface area (Å²) in [6.45, 7) is 2.71. The summed E-state index contributed by atoms with van der Waals surface area (Å²) >= 11 is 0. The average molecular weight is 270 g/mol. The quantitative estimate of drug-likeness (QED) is 0.851. The van der Waals surface area contributed by atoms with E-state index in [-0.39, 0.29) is 11.8 Å². The summed E-state index contributed by atoms with van der Waals surface area (Å²) < 4.78 is 1.77. The minimum Gasteiger partial charge on any atom is -0.310 e. The van der Waals surface area contributed by atoms with Crippen LogP contribution < -0.4 is 4.90 Å². The van der Waals surface area contributed by atoms with Gasteiger partial charge in [-0.25, -0.2) is 0 Å². The van der Waals surface area contributed by atoms with Gasteiger partial charge in [0.05, 0.1) is 17.6 Å². The summed E-state index contributed by atoms with van der Waals surface area (Å²) in [5.74, 6) is 0.117. The molecule has 0 spiro atoms. The number of carbonyl (C=O) groups is 1. The molecule has 0 aromatic carbocycles. The van der Waals surface area contributed by atoms with Crippen LogP contribution in [0.3, 0.4) is 0 Å². The van der Waals surface area contributed by atoms with E-state index in [4.69, 9.17) is 0 Å². The molecular weight excluding hydrogens is 252 g/mol. The van der Waals surface area contributed by atoms with Crippen molar-refractivity contribution in [3.05, 3.63) is 42.0 Å². The Kier molecular flexibility index (Phi) is 3.26. The van der Waals surface area contributed by atoms with Gasteiger partial charge >= 0.3 is 0 Å². The van der Waals surface area contributed by atoms with Gasteiger partial charge < -0.3 is 4.90 Å². The van der Waals surface area contributed by atoms with Crippen LogP contribution in [0.15, 0.2) is 30.7 Å². The first-order valence-electron chi connectivity index (χ1n) is 6.88. The molecule has 0 N–H and O–H groups in total. The Hall–Kier alpha value is -2.17. The van der Waals surface area contributed by atoms with Crippen molar-refractivity contribution in [2.45, 2.75) is 19.8 Å². The summed E-state index contributed by atoms with van der Waals surface area (Å²) in [5.41, 5.74) is 3.09. The van der Waals surface area contributed by atoms with Gasteiger partial charge in [-0.05, 0) is 24.1 Å². The van der Waals surface area contributed by atoms with E-state index in [1.165, 1.54) is 0 Å². The van der Waals surface area contributed by atoms with Gasteiger partial charge in [0.2, 0.25) is 5.91 Å². The van der Waals surface area contributed by atoms with Crippen LogP contribution in [0.1, 0.15) is 18.2 Å². The number of carbonyl (C=O) groups excluding carboxylic acids is 1. The van der Waals surface area contributed by atoms with Gasteiger partial charge in [-0.3, -0.25) is 14.5 Å². The van der Waals surface area contributed by atoms with Gasteiger partial charge in [0, 0.05) is 38.3 Å². The SMILES string of the molecule is CC(Cc1cnn(C)c1)C(=O)N1CCc2ncccc21. The molecule has 5 nitrogen and oxygen atoms in total. The number of anilines is 1. The third-order valence-electron chi connectivity index (χ3n) is 3.72. The van der Waals surface area contributed by atoms with Crippen LogP contribution in [-0.2, 0) is 24.7 Å². The highest BCUT2D eigenvalue weighted by Gasteiger charge is 2.28. The van der Waals surface area contributed by atoms with Crippen LogP contribution in [0, 0.1) is 5.92 Å². The number of rotatable bonds is 3. The van der Waals surface area contributed by atoms with E-state index in [2.05, 4.69) is 10.1 Å². The zero-order valence-corrected chi connectivity index (χ0v) is 11.8. The Bertz CT molecular complexity index is 634. The Morgan fingerprint density at radius 2 is 2.35 bits per heavy atom. The maximum atomic E-state index is 12.6. The molecule has 1 aliphatic rings. The van der Waals surface area contributed by atoms with Crippen LogP contribution in [0.4, 0.5) is 5.69 Å². The van der Waals surface area contributed by atoms with Crippen LogP contribution in [0.5, 0.6) is 0 Å². The lowest BCUT2D eigenvalue weighted by molar-refractivity contribution is -0.121. The average Bonchev–Trinajstić information content (AvgIpc) is 3.04. The molecule has 104 valence electrons. The third-order valence-corrected chi connectivity index (χ3v) is 3.72. The normalized spacial score (nSPS) is 15.2. The number of aryl methyl sites for hydroxylation is 1. The van der Waals surface area contributed by atoms with E-state index in [0.717, 1.165) is 36.3 Å². The van der Waals surface area contributed by atoms with Gasteiger partial charge in [-0.2, -0.15) is 5.10 Å². The molecule has 3 heterocycles. The lowest BCUT2D eigenvalue weighted by atomic mass is 10.0. The number of hydrogen-bond acceptors (Lipinski definition) is 3. The molecule has 2 aromatic rings. The molecule has 0 bridgehead atoms. The fourth-order valence-corrected chi connectivity index (χ4v) is 2.72. The molecule has 1 aliphatic heterocycles. The van der Waals surface area contributed by atoms with E-state index >= 15 is 0 Å². The van der Waals surface area contributed by atoms with Crippen LogP contribution >= 0.6 is 0 Å². The van der Waals surface area contributed by atoms with Crippen molar-refractivity contribution in [2.75, 3.05) is 11.4 Å². The lowest BCUT2D eigenvalue weighted by Gasteiger charge is -2.21. The Balaban J connectivity index is 1.73. The van der Waals surface area contributed by atoms with Gasteiger partial charge in [-0.15, -0.1) is 0 Å². The summed E-state index contributed by atoms with van der Waals surface area (Å²) in [4.78, 5) is 18.8. The van der Waals surface area contributed by atoms with Gasteiger partial charge in [0.15, 0.2) is 0 Å². The van der Waals surface area contributed by atoms with Crippen LogP contribution in [-0.4, -0.2) is 27.2 Å². The molecule has 1 atom stereocenters. The highest BCUT2D eigenvalue weighted by atomic mass is 16.2. The number of aromatic nitrogens is 3. The monoisotopic (exact) mass is 270 g/mol. The number of amides is 1. The highest BCUT2D eigenvalue weighted by molar-refractivity contribution is 5.96. The summed E-state index contributed by atoms with van der Waals surface area (Å²) in [5, 5.41) is 4.14. The predicted octanol–water partition coefficient (Wildman–Crippen LogP) is 1.58. The van der Waals surface area contributed by atoms with Gasteiger partial charge in [0.1, 0.15) is 0 Å². The van der Waals surface area contributed by atoms with E-state index < -0.39 is 0 Å². The molecule has 20 heavy (non-hydrogen) atoms. The Morgan fingerprint density at radius 3 is 3.10 bits per heavy atom. The lowest BCUT2D eigenvalue weighted by Crippen LogP contribution is -2.34. The van der Waals surface area contributed by atoms with Crippen molar-refractivity contribution in [1.82, 2.24) is 14.8 Å². The number of hydrogen-bond donors (Lipinski definition) is 0. The molecule has 0 saturated carbocycles. The van der Waals surface area contributed by atoms with Crippen molar-refractivity contribution in [3.8, 4) is 0 Å². The maximum Gasteiger partial charge on any atom is 0.230 e. The van der Waals surface area contributed by atoms with Crippen molar-refractivity contribution in [2.24, 2.45) is 13.0 Å². The molecule has 0 saturated heterocycles. The fourth-order valence-electron chi connectivity index (χ4n) is 2.72. The van der Waals surface area contributed by atoms with E-state index in [1.54, 1.807) is 10.9 Å². The van der Waals surface area contributed by atoms with E-state index in [1.807, 2.05) is 43.4 Å². The van der Waals surface area contributed by atoms with Crippen LogP contribution in [0.2, 0.25) is 0 Å². The first-order valence-corrected chi connectivity index (χ1v) is 6.88. The number of pyridine rings is 1. The zero-order chi connectivity index (χ0) is 14.1. The van der Waals surface area contributed by atoms with E-state index in [0.29, 0.717) is 0 Å².